The molecule has 4 rings (SSSR count). The second-order valence-electron chi connectivity index (χ2n) is 7.99. The summed E-state index contributed by atoms with van der Waals surface area (Å²) in [6.45, 7) is 5.76. The first-order chi connectivity index (χ1) is 14.8. The molecule has 0 radical (unpaired) electrons. The van der Waals surface area contributed by atoms with Gasteiger partial charge < -0.3 is 19.5 Å². The summed E-state index contributed by atoms with van der Waals surface area (Å²) in [7, 11) is -0.311. The number of ether oxygens (including phenoxy) is 1. The van der Waals surface area contributed by atoms with Crippen molar-refractivity contribution in [3.8, 4) is 0 Å². The number of hydrogen-bond donors (Lipinski definition) is 2. The fourth-order valence-electron chi connectivity index (χ4n) is 4.14. The van der Waals surface area contributed by atoms with E-state index in [1.165, 1.54) is 6.33 Å². The molecule has 0 bridgehead atoms. The van der Waals surface area contributed by atoms with Gasteiger partial charge in [-0.05, 0) is 17.9 Å². The van der Waals surface area contributed by atoms with Crippen molar-refractivity contribution >= 4 is 30.8 Å². The first-order valence-corrected chi connectivity index (χ1v) is 12.2. The average Bonchev–Trinajstić information content (AvgIpc) is 3.25. The number of rotatable bonds is 8. The maximum atomic E-state index is 12.1. The van der Waals surface area contributed by atoms with Gasteiger partial charge in [0.05, 0.1) is 12.2 Å². The molecule has 31 heavy (non-hydrogen) atoms. The average molecular weight is 453 g/mol. The second kappa shape index (κ2) is 8.91. The fraction of sp³-hybridized carbons (Fsp3) is 0.684. The maximum Gasteiger partial charge on any atom is 0.264 e. The Hall–Kier alpha value is -1.91. The van der Waals surface area contributed by atoms with Crippen LogP contribution in [-0.4, -0.2) is 68.2 Å². The van der Waals surface area contributed by atoms with E-state index in [9.17, 15) is 14.8 Å². The lowest BCUT2D eigenvalue weighted by Gasteiger charge is -2.21. The van der Waals surface area contributed by atoms with Crippen LogP contribution < -0.4 is 9.58 Å². The molecule has 2 N–H and O–H groups in total. The molecule has 0 amide bonds. The molecule has 0 saturated carbocycles. The highest BCUT2D eigenvalue weighted by Crippen LogP contribution is 2.36. The Morgan fingerprint density at radius 3 is 2.81 bits per heavy atom. The molecule has 1 fully saturated rings. The summed E-state index contributed by atoms with van der Waals surface area (Å²) in [4.78, 5) is 8.71. The highest BCUT2D eigenvalue weighted by molar-refractivity contribution is 7.39. The van der Waals surface area contributed by atoms with Crippen LogP contribution in [0.3, 0.4) is 0 Å². The van der Waals surface area contributed by atoms with Gasteiger partial charge in [0.25, 0.3) is 5.84 Å². The number of aliphatic hydroxyl groups is 2. The summed E-state index contributed by atoms with van der Waals surface area (Å²) in [6.07, 6.45) is 1.43. The number of nitrogens with zero attached hydrogens (tertiary/aromatic N) is 6. The standard InChI is InChI=1S/C19H30N6O5P/c1-5-7-31(28)30-12(6-2)8-13-15(26)16(27)19(29-13)25-10-24-11(3)22-23(4)17-14(24)18(25)21-9-20-17/h9-10,12-13,15-16,19,26-27,31H,5-8H2,1-4H3/q+1/t12?,13-,15?,16-,19?/m1/s1. The first kappa shape index (κ1) is 22.3. The molecule has 2 aliphatic heterocycles. The van der Waals surface area contributed by atoms with Crippen molar-refractivity contribution in [1.82, 2.24) is 14.5 Å². The van der Waals surface area contributed by atoms with Crippen molar-refractivity contribution < 1.29 is 28.6 Å². The lowest BCUT2D eigenvalue weighted by atomic mass is 10.0. The zero-order valence-electron chi connectivity index (χ0n) is 18.2. The SMILES string of the molecule is CCC[PH](=O)OC(CC)C[C@H]1OC(n2c[n+]3c4c(ncnc42)N(C)N=C3C)[C@H](O)C1O. The van der Waals surface area contributed by atoms with Crippen LogP contribution in [0.1, 0.15) is 46.3 Å². The second-order valence-corrected chi connectivity index (χ2v) is 9.46. The van der Waals surface area contributed by atoms with Crippen molar-refractivity contribution in [2.75, 3.05) is 18.2 Å². The minimum atomic E-state index is -2.12. The molecule has 0 aliphatic carbocycles. The Bertz CT molecular complexity index is 1010. The lowest BCUT2D eigenvalue weighted by molar-refractivity contribution is -0.529. The van der Waals surface area contributed by atoms with E-state index < -0.39 is 32.6 Å². The molecule has 1 saturated heterocycles. The summed E-state index contributed by atoms with van der Waals surface area (Å²) >= 11 is 0. The van der Waals surface area contributed by atoms with Crippen LogP contribution in [0.2, 0.25) is 0 Å². The quantitative estimate of drug-likeness (QED) is 0.449. The molecular weight excluding hydrogens is 423 g/mol. The molecule has 4 unspecified atom stereocenters. The predicted octanol–water partition coefficient (Wildman–Crippen LogP) is 1.04. The molecule has 6 atom stereocenters. The molecule has 4 heterocycles. The van der Waals surface area contributed by atoms with Crippen molar-refractivity contribution in [2.45, 2.75) is 70.7 Å². The molecular formula is C19H30N6O5P+. The number of anilines is 1. The van der Waals surface area contributed by atoms with Crippen molar-refractivity contribution in [3.63, 3.8) is 0 Å². The summed E-state index contributed by atoms with van der Waals surface area (Å²) < 4.78 is 27.4. The Balaban J connectivity index is 1.60. The van der Waals surface area contributed by atoms with Gasteiger partial charge >= 0.3 is 0 Å². The van der Waals surface area contributed by atoms with Crippen molar-refractivity contribution in [3.05, 3.63) is 12.7 Å². The van der Waals surface area contributed by atoms with Crippen LogP contribution in [0.15, 0.2) is 17.8 Å². The van der Waals surface area contributed by atoms with Gasteiger partial charge in [0.1, 0.15) is 18.5 Å². The van der Waals surface area contributed by atoms with Crippen LogP contribution in [0.25, 0.3) is 11.2 Å². The highest BCUT2D eigenvalue weighted by atomic mass is 31.1. The Morgan fingerprint density at radius 1 is 1.32 bits per heavy atom. The van der Waals surface area contributed by atoms with E-state index in [-0.39, 0.29) is 6.10 Å². The molecule has 0 spiro atoms. The smallest absolute Gasteiger partial charge is 0.264 e. The van der Waals surface area contributed by atoms with E-state index in [0.717, 1.165) is 17.8 Å². The van der Waals surface area contributed by atoms with Gasteiger partial charge in [0, 0.05) is 26.6 Å². The summed E-state index contributed by atoms with van der Waals surface area (Å²) in [5.74, 6) is 1.36. The maximum absolute atomic E-state index is 12.1. The van der Waals surface area contributed by atoms with E-state index in [4.69, 9.17) is 9.26 Å². The van der Waals surface area contributed by atoms with E-state index >= 15 is 0 Å². The lowest BCUT2D eigenvalue weighted by Crippen LogP contribution is -2.45. The zero-order valence-corrected chi connectivity index (χ0v) is 19.2. The minimum Gasteiger partial charge on any atom is -0.387 e. The molecule has 2 aliphatic rings. The topological polar surface area (TPSA) is 126 Å². The summed E-state index contributed by atoms with van der Waals surface area (Å²) in [5.41, 5.74) is 1.32. The Labute approximate surface area is 181 Å². The van der Waals surface area contributed by atoms with Gasteiger partial charge in [0.15, 0.2) is 14.4 Å². The van der Waals surface area contributed by atoms with Gasteiger partial charge in [-0.3, -0.25) is 4.57 Å². The molecule has 11 nitrogen and oxygen atoms in total. The van der Waals surface area contributed by atoms with Crippen LogP contribution in [0.5, 0.6) is 0 Å². The molecule has 2 aromatic rings. The molecule has 2 aromatic heterocycles. The number of aliphatic hydroxyl groups excluding tert-OH is 2. The third-order valence-corrected chi connectivity index (χ3v) is 7.28. The highest BCUT2D eigenvalue weighted by Gasteiger charge is 2.47. The number of aromatic nitrogens is 4. The third kappa shape index (κ3) is 4.01. The summed E-state index contributed by atoms with van der Waals surface area (Å²) in [5, 5.41) is 27.6. The fourth-order valence-corrected chi connectivity index (χ4v) is 5.30. The molecule has 0 aromatic carbocycles. The van der Waals surface area contributed by atoms with E-state index in [0.29, 0.717) is 30.5 Å². The number of hydrazone groups is 1. The predicted molar refractivity (Wildman–Crippen MR) is 114 cm³/mol. The van der Waals surface area contributed by atoms with E-state index in [1.807, 2.05) is 32.4 Å². The van der Waals surface area contributed by atoms with Gasteiger partial charge in [-0.25, -0.2) is 14.5 Å². The Morgan fingerprint density at radius 2 is 2.10 bits per heavy atom. The van der Waals surface area contributed by atoms with Gasteiger partial charge in [-0.1, -0.05) is 13.8 Å². The van der Waals surface area contributed by atoms with Crippen molar-refractivity contribution in [2.24, 2.45) is 5.10 Å². The summed E-state index contributed by atoms with van der Waals surface area (Å²) in [6, 6.07) is 0. The minimum absolute atomic E-state index is 0.311. The van der Waals surface area contributed by atoms with Crippen molar-refractivity contribution in [1.29, 1.82) is 0 Å². The van der Waals surface area contributed by atoms with Crippen LogP contribution in [-0.2, 0) is 13.8 Å². The van der Waals surface area contributed by atoms with Crippen LogP contribution in [0, 0.1) is 0 Å². The number of imidazole rings is 1. The normalized spacial score (nSPS) is 27.5. The Kier molecular flexibility index (Phi) is 6.41. The molecule has 12 heteroatoms. The molecule has 170 valence electrons. The van der Waals surface area contributed by atoms with E-state index in [1.54, 1.807) is 15.9 Å². The third-order valence-electron chi connectivity index (χ3n) is 5.77. The van der Waals surface area contributed by atoms with Crippen LogP contribution >= 0.6 is 8.03 Å². The van der Waals surface area contributed by atoms with Gasteiger partial charge in [0.2, 0.25) is 23.2 Å². The zero-order chi connectivity index (χ0) is 22.3. The first-order valence-electron chi connectivity index (χ1n) is 10.6. The van der Waals surface area contributed by atoms with Gasteiger partial charge in [-0.15, -0.1) is 0 Å². The van der Waals surface area contributed by atoms with E-state index in [2.05, 4.69) is 15.1 Å². The van der Waals surface area contributed by atoms with Crippen LogP contribution in [0.4, 0.5) is 5.82 Å². The largest absolute Gasteiger partial charge is 0.387 e. The monoisotopic (exact) mass is 453 g/mol. The number of hydrogen-bond acceptors (Lipinski definition) is 9. The van der Waals surface area contributed by atoms with Gasteiger partial charge in [-0.2, -0.15) is 9.58 Å².